The molecule has 112 valence electrons. The molecule has 0 heterocycles. The molecule has 0 aliphatic heterocycles. The molecule has 0 radical (unpaired) electrons. The molecule has 0 aliphatic carbocycles. The van der Waals surface area contributed by atoms with Gasteiger partial charge in [0.2, 0.25) is 0 Å². The van der Waals surface area contributed by atoms with E-state index in [-0.39, 0.29) is 14.9 Å². The number of nitrogens with two attached hydrogens (primary N) is 1. The van der Waals surface area contributed by atoms with Crippen LogP contribution < -0.4 is 14.8 Å². The zero-order valence-electron chi connectivity index (χ0n) is 10.7. The third kappa shape index (κ3) is 3.89. The van der Waals surface area contributed by atoms with Crippen molar-refractivity contribution < 1.29 is 20.3 Å². The van der Waals surface area contributed by atoms with Gasteiger partial charge in [-0.25, -0.2) is 0 Å². The Bertz CT molecular complexity index is 781. The normalized spacial score (nSPS) is 12.1. The van der Waals surface area contributed by atoms with E-state index in [1.165, 1.54) is 48.5 Å². The van der Waals surface area contributed by atoms with Crippen LogP contribution in [0, 0.1) is 0 Å². The molecule has 21 heavy (non-hydrogen) atoms. The Morgan fingerprint density at radius 3 is 1.95 bits per heavy atom. The van der Waals surface area contributed by atoms with Gasteiger partial charge in [-0.05, 0) is 0 Å². The molecule has 2 aromatic rings. The van der Waals surface area contributed by atoms with E-state index in [1.807, 2.05) is 0 Å². The molecular weight excluding hydrogens is 359 g/mol. The topological polar surface area (TPSA) is 130 Å². The van der Waals surface area contributed by atoms with Crippen LogP contribution in [0.3, 0.4) is 0 Å². The molecule has 0 aromatic heterocycles. The molecule has 9 heteroatoms. The predicted octanol–water partition coefficient (Wildman–Crippen LogP) is -0.369. The first kappa shape index (κ1) is 15.7. The van der Waals surface area contributed by atoms with E-state index in [0.717, 1.165) is 0 Å². The van der Waals surface area contributed by atoms with Gasteiger partial charge in [-0.2, -0.15) is 0 Å². The van der Waals surface area contributed by atoms with Crippen LogP contribution in [0.1, 0.15) is 0 Å². The molecule has 0 saturated carbocycles. The van der Waals surface area contributed by atoms with Crippen molar-refractivity contribution >= 4 is 39.9 Å². The zero-order chi connectivity index (χ0) is 15.7. The third-order valence-electron chi connectivity index (χ3n) is 2.65. The first-order valence-corrected chi connectivity index (χ1v) is 10.6. The number of nitrogen functional groups attached to an aromatic ring is 1. The number of benzene rings is 2. The van der Waals surface area contributed by atoms with Crippen LogP contribution in [-0.2, 0) is 13.8 Å². The summed E-state index contributed by atoms with van der Waals surface area (Å²) in [7, 11) is -3.77. The molecule has 2 rings (SSSR count). The van der Waals surface area contributed by atoms with Crippen LogP contribution in [0.25, 0.3) is 0 Å². The standard InChI is InChI=1S/C12H13AsN2O5S/c14-10-3-7-12(8-4-10)21(19,20)15-11-5-1-9(2-6-11)13(16,17)18/h1-8,15H,14H2,(H2,16,17,18). The minimum atomic E-state index is -4.96. The van der Waals surface area contributed by atoms with E-state index in [2.05, 4.69) is 4.72 Å². The van der Waals surface area contributed by atoms with E-state index in [9.17, 15) is 12.2 Å². The average molecular weight is 372 g/mol. The van der Waals surface area contributed by atoms with Gasteiger partial charge in [0.1, 0.15) is 0 Å². The Morgan fingerprint density at radius 2 is 1.48 bits per heavy atom. The van der Waals surface area contributed by atoms with Crippen molar-refractivity contribution in [1.29, 1.82) is 0 Å². The van der Waals surface area contributed by atoms with Crippen LogP contribution in [0.5, 0.6) is 0 Å². The monoisotopic (exact) mass is 372 g/mol. The third-order valence-corrected chi connectivity index (χ3v) is 6.08. The molecule has 0 aliphatic rings. The van der Waals surface area contributed by atoms with Crippen LogP contribution in [0.4, 0.5) is 11.4 Å². The second kappa shape index (κ2) is 5.57. The molecule has 0 amide bonds. The number of anilines is 2. The predicted molar refractivity (Wildman–Crippen MR) is 78.6 cm³/mol. The Morgan fingerprint density at radius 1 is 0.952 bits per heavy atom. The van der Waals surface area contributed by atoms with Crippen molar-refractivity contribution in [2.24, 2.45) is 0 Å². The fourth-order valence-corrected chi connectivity index (χ4v) is 3.77. The molecule has 0 saturated heterocycles. The Kier molecular flexibility index (Phi) is 4.15. The second-order valence-corrected chi connectivity index (χ2v) is 9.31. The van der Waals surface area contributed by atoms with Crippen molar-refractivity contribution in [2.75, 3.05) is 10.5 Å². The van der Waals surface area contributed by atoms with Crippen molar-refractivity contribution in [1.82, 2.24) is 0 Å². The van der Waals surface area contributed by atoms with Gasteiger partial charge in [0.25, 0.3) is 0 Å². The van der Waals surface area contributed by atoms with Crippen molar-refractivity contribution in [3.8, 4) is 0 Å². The molecule has 0 fully saturated rings. The maximum absolute atomic E-state index is 12.1. The SMILES string of the molecule is Nc1ccc(S(=O)(=O)Nc2ccc([As](=O)(O)O)cc2)cc1. The summed E-state index contributed by atoms with van der Waals surface area (Å²) in [5.74, 6) is 0. The molecule has 0 unspecified atom stereocenters. The van der Waals surface area contributed by atoms with Gasteiger partial charge < -0.3 is 0 Å². The van der Waals surface area contributed by atoms with Gasteiger partial charge in [-0.15, -0.1) is 0 Å². The van der Waals surface area contributed by atoms with Crippen molar-refractivity contribution in [3.05, 3.63) is 48.5 Å². The van der Waals surface area contributed by atoms with Gasteiger partial charge in [-0.1, -0.05) is 0 Å². The average Bonchev–Trinajstić information content (AvgIpc) is 2.38. The van der Waals surface area contributed by atoms with Gasteiger partial charge in [0.05, 0.1) is 0 Å². The van der Waals surface area contributed by atoms with E-state index < -0.39 is 24.2 Å². The van der Waals surface area contributed by atoms with E-state index >= 15 is 0 Å². The Labute approximate surface area is 124 Å². The van der Waals surface area contributed by atoms with Crippen LogP contribution in [-0.4, -0.2) is 30.8 Å². The second-order valence-electron chi connectivity index (χ2n) is 4.27. The van der Waals surface area contributed by atoms with Crippen LogP contribution >= 0.6 is 0 Å². The number of nitrogens with one attached hydrogen (secondary N) is 1. The van der Waals surface area contributed by atoms with Gasteiger partial charge >= 0.3 is 124 Å². The molecule has 2 aromatic carbocycles. The fraction of sp³-hybridized carbons (Fsp3) is 0. The summed E-state index contributed by atoms with van der Waals surface area (Å²) < 4.78 is 55.5. The Balaban J connectivity index is 2.25. The van der Waals surface area contributed by atoms with E-state index in [0.29, 0.717) is 5.69 Å². The molecule has 7 nitrogen and oxygen atoms in total. The fourth-order valence-electron chi connectivity index (χ4n) is 1.58. The number of sulfonamides is 1. The van der Waals surface area contributed by atoms with Gasteiger partial charge in [0, 0.05) is 0 Å². The summed E-state index contributed by atoms with van der Waals surface area (Å²) in [6, 6.07) is 10.6. The van der Waals surface area contributed by atoms with E-state index in [4.69, 9.17) is 13.9 Å². The summed E-state index contributed by atoms with van der Waals surface area (Å²) in [6.07, 6.45) is 0. The molecule has 5 N–H and O–H groups in total. The maximum atomic E-state index is 12.1. The van der Waals surface area contributed by atoms with Crippen molar-refractivity contribution in [3.63, 3.8) is 0 Å². The first-order chi connectivity index (χ1) is 9.68. The summed E-state index contributed by atoms with van der Waals surface area (Å²) in [5.41, 5.74) is 6.15. The number of hydrogen-bond donors (Lipinski definition) is 4. The first-order valence-electron chi connectivity index (χ1n) is 5.73. The zero-order valence-corrected chi connectivity index (χ0v) is 13.4. The number of hydrogen-bond acceptors (Lipinski definition) is 4. The summed E-state index contributed by atoms with van der Waals surface area (Å²) >= 11 is -4.96. The van der Waals surface area contributed by atoms with Crippen molar-refractivity contribution in [2.45, 2.75) is 4.90 Å². The molecule has 0 bridgehead atoms. The number of rotatable bonds is 4. The van der Waals surface area contributed by atoms with Gasteiger partial charge in [-0.3, -0.25) is 0 Å². The van der Waals surface area contributed by atoms with Crippen LogP contribution in [0.15, 0.2) is 53.4 Å². The Hall–Kier alpha value is -1.73. The van der Waals surface area contributed by atoms with E-state index in [1.54, 1.807) is 0 Å². The summed E-state index contributed by atoms with van der Waals surface area (Å²) in [5, 5.41) is 0. The molecule has 0 spiro atoms. The van der Waals surface area contributed by atoms with Crippen LogP contribution in [0.2, 0.25) is 0 Å². The van der Waals surface area contributed by atoms with Gasteiger partial charge in [0.15, 0.2) is 0 Å². The molecule has 0 atom stereocenters. The quantitative estimate of drug-likeness (QED) is 0.428. The molecular formula is C12H13AsN2O5S. The summed E-state index contributed by atoms with van der Waals surface area (Å²) in [6.45, 7) is 0. The summed E-state index contributed by atoms with van der Waals surface area (Å²) in [4.78, 5) is 0.0415. The minimum absolute atomic E-state index is 0.0415.